The van der Waals surface area contributed by atoms with Gasteiger partial charge in [0.05, 0.1) is 57.8 Å². The quantitative estimate of drug-likeness (QED) is 0.0538. The van der Waals surface area contributed by atoms with Crippen LogP contribution in [0.25, 0.3) is 44.6 Å². The molecule has 0 atom stereocenters. The van der Waals surface area contributed by atoms with E-state index in [0.717, 1.165) is 24.3 Å². The van der Waals surface area contributed by atoms with Gasteiger partial charge in [0.25, 0.3) is 0 Å². The van der Waals surface area contributed by atoms with Crippen LogP contribution in [0.1, 0.15) is 54.6 Å². The minimum absolute atomic E-state index is 0.0336. The van der Waals surface area contributed by atoms with Crippen LogP contribution < -0.4 is 18.9 Å². The standard InChI is InChI=1S/2C31H25F5N4O5/c2*1-43-10-9-40-26-12-19(30(41)42)6-7-25(26)38-27(40)13-20-11-23(33)21(14-22(20)32)24-3-2-4-29(39-24)44-16-18-5-8-28(37-15-18)45-17-31(34,35)36/h2*2-8,11-12,14-15H,9-10,13,16-17H2,1H3,(H,41,42). The van der Waals surface area contributed by atoms with Gasteiger partial charge in [-0.25, -0.2) is 57.1 Å². The van der Waals surface area contributed by atoms with Crippen LogP contribution in [0.3, 0.4) is 0 Å². The number of carboxylic acids is 2. The zero-order valence-electron chi connectivity index (χ0n) is 47.3. The molecule has 10 rings (SSSR count). The van der Waals surface area contributed by atoms with Gasteiger partial charge in [-0.2, -0.15) is 26.3 Å². The van der Waals surface area contributed by atoms with Crippen molar-refractivity contribution < 1.29 is 92.1 Å². The van der Waals surface area contributed by atoms with Crippen molar-refractivity contribution in [3.63, 3.8) is 0 Å². The summed E-state index contributed by atoms with van der Waals surface area (Å²) in [4.78, 5) is 48.2. The van der Waals surface area contributed by atoms with Crippen molar-refractivity contribution in [3.8, 4) is 46.0 Å². The molecule has 0 spiro atoms. The van der Waals surface area contributed by atoms with Gasteiger partial charge in [0.1, 0.15) is 48.1 Å². The summed E-state index contributed by atoms with van der Waals surface area (Å²) in [7, 11) is 3.02. The van der Waals surface area contributed by atoms with Crippen molar-refractivity contribution in [1.82, 2.24) is 39.0 Å². The fraction of sp³-hybridized carbons (Fsp3) is 0.226. The molecule has 0 amide bonds. The van der Waals surface area contributed by atoms with Gasteiger partial charge in [-0.15, -0.1) is 0 Å². The summed E-state index contributed by atoms with van der Waals surface area (Å²) in [6.45, 7) is -1.81. The molecule has 6 aromatic heterocycles. The Bertz CT molecular complexity index is 3920. The number of rotatable bonds is 24. The number of halogens is 10. The summed E-state index contributed by atoms with van der Waals surface area (Å²) in [5, 5.41) is 18.8. The van der Waals surface area contributed by atoms with E-state index in [1.54, 1.807) is 33.4 Å². The highest BCUT2D eigenvalue weighted by molar-refractivity contribution is 5.93. The number of pyridine rings is 4. The summed E-state index contributed by atoms with van der Waals surface area (Å²) in [5.41, 5.74) is 3.31. The SMILES string of the molecule is COCCn1c(Cc2cc(F)c(-c3cccc(OCc4ccc(OCC(F)(F)F)nc4)n3)cc2F)nc2ccc(C(=O)O)cc21.COCCn1c(Cc2cc(F)c(-c3cccc(OCc4ccc(OCC(F)(F)F)nc4)n3)cc2F)nc2ccc(C(=O)O)cc21. The van der Waals surface area contributed by atoms with Gasteiger partial charge in [0, 0.05) is 99.1 Å². The van der Waals surface area contributed by atoms with E-state index in [1.165, 1.54) is 99.4 Å². The summed E-state index contributed by atoms with van der Waals surface area (Å²) in [5.74, 6) is -4.47. The van der Waals surface area contributed by atoms with Gasteiger partial charge in [-0.1, -0.05) is 12.1 Å². The fourth-order valence-electron chi connectivity index (χ4n) is 9.01. The van der Waals surface area contributed by atoms with Gasteiger partial charge in [0.15, 0.2) is 13.2 Å². The third-order valence-electron chi connectivity index (χ3n) is 13.3. The molecule has 468 valence electrons. The van der Waals surface area contributed by atoms with E-state index >= 15 is 17.6 Å². The first-order chi connectivity index (χ1) is 43.0. The van der Waals surface area contributed by atoms with Crippen LogP contribution in [-0.4, -0.2) is 114 Å². The third kappa shape index (κ3) is 16.7. The van der Waals surface area contributed by atoms with E-state index in [-0.39, 0.29) is 108 Å². The largest absolute Gasteiger partial charge is 0.478 e. The van der Waals surface area contributed by atoms with Gasteiger partial charge < -0.3 is 47.8 Å². The van der Waals surface area contributed by atoms with Crippen LogP contribution in [0.2, 0.25) is 0 Å². The van der Waals surface area contributed by atoms with E-state index < -0.39 is 60.8 Å². The number of ether oxygens (including phenoxy) is 6. The molecule has 4 aromatic carbocycles. The Hall–Kier alpha value is -10.2. The second-order valence-electron chi connectivity index (χ2n) is 19.7. The number of benzene rings is 4. The Morgan fingerprint density at radius 3 is 1.24 bits per heavy atom. The number of carbonyl (C=O) groups is 2. The van der Waals surface area contributed by atoms with Crippen LogP contribution >= 0.6 is 0 Å². The molecule has 0 saturated heterocycles. The second-order valence-corrected chi connectivity index (χ2v) is 19.7. The van der Waals surface area contributed by atoms with Gasteiger partial charge >= 0.3 is 24.3 Å². The number of fused-ring (bicyclic) bond motifs is 2. The average molecular weight is 1260 g/mol. The molecule has 0 radical (unpaired) electrons. The van der Waals surface area contributed by atoms with E-state index in [1.807, 2.05) is 0 Å². The smallest absolute Gasteiger partial charge is 0.422 e. The first-order valence-electron chi connectivity index (χ1n) is 26.9. The van der Waals surface area contributed by atoms with Crippen LogP contribution in [-0.2, 0) is 48.6 Å². The molecule has 0 fully saturated rings. The highest BCUT2D eigenvalue weighted by Gasteiger charge is 2.30. The Morgan fingerprint density at radius 2 is 0.889 bits per heavy atom. The lowest BCUT2D eigenvalue weighted by atomic mass is 10.0. The normalized spacial score (nSPS) is 11.6. The predicted molar refractivity (Wildman–Crippen MR) is 302 cm³/mol. The fourth-order valence-corrected chi connectivity index (χ4v) is 9.01. The van der Waals surface area contributed by atoms with Crippen molar-refractivity contribution in [2.75, 3.05) is 40.6 Å². The first kappa shape index (κ1) is 64.3. The predicted octanol–water partition coefficient (Wildman–Crippen LogP) is 12.5. The highest BCUT2D eigenvalue weighted by Crippen LogP contribution is 2.31. The maximum Gasteiger partial charge on any atom is 0.422 e. The van der Waals surface area contributed by atoms with Crippen molar-refractivity contribution in [2.45, 2.75) is 51.5 Å². The summed E-state index contributed by atoms with van der Waals surface area (Å²) in [6.07, 6.45) is -6.54. The molecule has 0 aliphatic carbocycles. The maximum atomic E-state index is 15.4. The molecule has 0 aliphatic heterocycles. The number of hydrogen-bond acceptors (Lipinski definition) is 14. The first-order valence-corrected chi connectivity index (χ1v) is 26.9. The lowest BCUT2D eigenvalue weighted by Gasteiger charge is -2.12. The molecule has 0 saturated carbocycles. The molecule has 28 heteroatoms. The Morgan fingerprint density at radius 1 is 0.478 bits per heavy atom. The number of imidazole rings is 2. The van der Waals surface area contributed by atoms with E-state index in [0.29, 0.717) is 57.9 Å². The topological polar surface area (TPSA) is 217 Å². The third-order valence-corrected chi connectivity index (χ3v) is 13.3. The van der Waals surface area contributed by atoms with Crippen LogP contribution in [0.5, 0.6) is 23.5 Å². The van der Waals surface area contributed by atoms with Crippen LogP contribution in [0.4, 0.5) is 43.9 Å². The zero-order valence-corrected chi connectivity index (χ0v) is 47.3. The number of alkyl halides is 6. The van der Waals surface area contributed by atoms with Crippen LogP contribution in [0.15, 0.2) is 134 Å². The molecular formula is C62H50F10N8O10. The number of methoxy groups -OCH3 is 2. The van der Waals surface area contributed by atoms with E-state index in [9.17, 15) is 46.1 Å². The average Bonchev–Trinajstić information content (AvgIpc) is 1.82. The number of carboxylic acid groups (broad SMARTS) is 2. The molecule has 0 unspecified atom stereocenters. The number of hydrogen-bond donors (Lipinski definition) is 2. The second kappa shape index (κ2) is 28.3. The Kier molecular flexibility index (Phi) is 20.2. The summed E-state index contributed by atoms with van der Waals surface area (Å²) >= 11 is 0. The minimum atomic E-state index is -4.49. The van der Waals surface area contributed by atoms with Crippen molar-refractivity contribution in [2.24, 2.45) is 0 Å². The molecule has 90 heavy (non-hydrogen) atoms. The molecule has 2 N–H and O–H groups in total. The van der Waals surface area contributed by atoms with Crippen LogP contribution in [0, 0.1) is 23.3 Å². The maximum absolute atomic E-state index is 15.4. The molecule has 6 heterocycles. The Labute approximate surface area is 503 Å². The lowest BCUT2D eigenvalue weighted by molar-refractivity contribution is -0.154. The molecule has 10 aromatic rings. The van der Waals surface area contributed by atoms with Gasteiger partial charge in [-0.3, -0.25) is 0 Å². The lowest BCUT2D eigenvalue weighted by Crippen LogP contribution is -2.19. The Balaban J connectivity index is 0.000000213. The number of aromatic nitrogens is 8. The van der Waals surface area contributed by atoms with Gasteiger partial charge in [0.2, 0.25) is 23.5 Å². The van der Waals surface area contributed by atoms with Gasteiger partial charge in [-0.05, 0) is 96.1 Å². The van der Waals surface area contributed by atoms with E-state index in [4.69, 9.17) is 18.9 Å². The number of aromatic carboxylic acids is 2. The summed E-state index contributed by atoms with van der Waals surface area (Å²) in [6, 6.07) is 27.7. The number of nitrogens with zero attached hydrogens (tertiary/aromatic N) is 8. The van der Waals surface area contributed by atoms with Crippen molar-refractivity contribution >= 4 is 34.0 Å². The molecule has 0 aliphatic rings. The van der Waals surface area contributed by atoms with Crippen molar-refractivity contribution in [1.29, 1.82) is 0 Å². The molecule has 0 bridgehead atoms. The zero-order chi connectivity index (χ0) is 64.3. The molecular weight excluding hydrogens is 1210 g/mol. The molecule has 18 nitrogen and oxygen atoms in total. The highest BCUT2D eigenvalue weighted by atomic mass is 19.4. The van der Waals surface area contributed by atoms with Crippen molar-refractivity contribution in [3.05, 3.63) is 202 Å². The summed E-state index contributed by atoms with van der Waals surface area (Å²) < 4.78 is 170. The minimum Gasteiger partial charge on any atom is -0.478 e. The monoisotopic (exact) mass is 1260 g/mol. The van der Waals surface area contributed by atoms with E-state index in [2.05, 4.69) is 39.4 Å².